The van der Waals surface area contributed by atoms with Gasteiger partial charge in [0, 0.05) is 31.5 Å². The maximum absolute atomic E-state index is 13.1. The molecule has 1 unspecified atom stereocenters. The third-order valence-corrected chi connectivity index (χ3v) is 9.72. The molecule has 282 valence electrons. The number of esters is 2. The number of likely N-dealkylation sites (N-methyl/N-ethyl adjacent to an activating group) is 1. The lowest BCUT2D eigenvalue weighted by molar-refractivity contribution is -0.192. The minimum atomic E-state index is -5.08. The third-order valence-electron chi connectivity index (χ3n) is 9.72. The normalized spacial score (nSPS) is 25.4. The van der Waals surface area contributed by atoms with Gasteiger partial charge in [0.05, 0.1) is 17.4 Å². The minimum Gasteiger partial charge on any atom is -0.504 e. The number of hydrogen-bond donors (Lipinski definition) is 6. The zero-order valence-corrected chi connectivity index (χ0v) is 28.4. The van der Waals surface area contributed by atoms with Crippen molar-refractivity contribution in [1.29, 1.82) is 0 Å². The molecule has 5 rings (SSSR count). The summed E-state index contributed by atoms with van der Waals surface area (Å²) in [5.41, 5.74) is 5.16. The van der Waals surface area contributed by atoms with Crippen molar-refractivity contribution in [3.05, 3.63) is 35.1 Å². The molecular weight excluding hydrogens is 685 g/mol. The van der Waals surface area contributed by atoms with E-state index in [2.05, 4.69) is 15.5 Å². The van der Waals surface area contributed by atoms with Crippen molar-refractivity contribution in [3.8, 4) is 11.5 Å². The van der Waals surface area contributed by atoms with E-state index in [1.807, 2.05) is 13.1 Å². The van der Waals surface area contributed by atoms with Crippen LogP contribution in [0.3, 0.4) is 0 Å². The standard InChI is InChI=1S/C31H42N4O9.C2HF3O2/c1-17(42-24(38)10-14-33-28(39)20(34-18(2)36)6-4-5-13-32)29(40)43-22-9-11-31(41)23-16-19-7-8-21(37)26-25(19)30(31,27(22)44-26)12-15-35(23)3;3-2(4,5)1(6)7/h7-9,17,20,23,27,37,41H,4-6,10-16,32H2,1-3H3,(H,33,39)(H,34,36);(H,6,7)/t17-,20-,23?,27-,30-,31-;/m0./s1. The first-order valence-electron chi connectivity index (χ1n) is 16.5. The molecule has 1 spiro atoms. The van der Waals surface area contributed by atoms with E-state index in [0.29, 0.717) is 50.9 Å². The van der Waals surface area contributed by atoms with Gasteiger partial charge in [0.25, 0.3) is 0 Å². The Hall–Kier alpha value is -4.42. The molecule has 4 aliphatic rings. The summed E-state index contributed by atoms with van der Waals surface area (Å²) in [4.78, 5) is 60.6. The Balaban J connectivity index is 0.000000755. The third kappa shape index (κ3) is 7.92. The fraction of sp³-hybridized carbons (Fsp3) is 0.606. The summed E-state index contributed by atoms with van der Waals surface area (Å²) < 4.78 is 49.1. The van der Waals surface area contributed by atoms with Crippen LogP contribution in [0.5, 0.6) is 11.5 Å². The quantitative estimate of drug-likeness (QED) is 0.130. The fourth-order valence-corrected chi connectivity index (χ4v) is 7.36. The number of alkyl halides is 3. The van der Waals surface area contributed by atoms with E-state index < -0.39 is 59.3 Å². The van der Waals surface area contributed by atoms with Gasteiger partial charge in [0.2, 0.25) is 11.8 Å². The summed E-state index contributed by atoms with van der Waals surface area (Å²) in [5.74, 6) is -4.58. The lowest BCUT2D eigenvalue weighted by Crippen LogP contribution is -2.74. The van der Waals surface area contributed by atoms with Gasteiger partial charge in [-0.2, -0.15) is 13.2 Å². The maximum Gasteiger partial charge on any atom is 0.490 e. The molecule has 2 amide bonds. The number of likely N-dealkylation sites (tertiary alicyclic amines) is 1. The minimum absolute atomic E-state index is 0.0359. The molecule has 1 saturated heterocycles. The Labute approximate surface area is 291 Å². The Bertz CT molecular complexity index is 1570. The number of halogens is 3. The number of benzene rings is 1. The molecule has 18 heteroatoms. The Morgan fingerprint density at radius 1 is 1.20 bits per heavy atom. The molecule has 2 aliphatic carbocycles. The smallest absolute Gasteiger partial charge is 0.490 e. The van der Waals surface area contributed by atoms with Crippen LogP contribution in [0.4, 0.5) is 13.2 Å². The average molecular weight is 729 g/mol. The van der Waals surface area contributed by atoms with E-state index in [9.17, 15) is 42.6 Å². The van der Waals surface area contributed by atoms with Crippen LogP contribution in [0.15, 0.2) is 24.0 Å². The first-order valence-corrected chi connectivity index (χ1v) is 16.5. The van der Waals surface area contributed by atoms with Gasteiger partial charge in [-0.25, -0.2) is 9.59 Å². The Kier molecular flexibility index (Phi) is 11.9. The Morgan fingerprint density at radius 3 is 2.51 bits per heavy atom. The molecule has 2 heterocycles. The number of aromatic hydroxyl groups is 1. The molecule has 0 aromatic heterocycles. The number of hydrogen-bond acceptors (Lipinski definition) is 12. The molecule has 0 radical (unpaired) electrons. The number of carbonyl (C=O) groups is 5. The molecule has 1 aromatic rings. The second-order valence-electron chi connectivity index (χ2n) is 13.0. The maximum atomic E-state index is 13.1. The van der Waals surface area contributed by atoms with E-state index >= 15 is 0 Å². The largest absolute Gasteiger partial charge is 0.504 e. The monoisotopic (exact) mass is 728 g/mol. The topological polar surface area (TPSA) is 227 Å². The number of aliphatic carboxylic acids is 1. The van der Waals surface area contributed by atoms with Crippen LogP contribution < -0.4 is 21.1 Å². The van der Waals surface area contributed by atoms with E-state index in [-0.39, 0.29) is 42.8 Å². The van der Waals surface area contributed by atoms with Crippen LogP contribution >= 0.6 is 0 Å². The summed E-state index contributed by atoms with van der Waals surface area (Å²) in [5, 5.41) is 35.2. The molecule has 1 fully saturated rings. The molecule has 1 aromatic carbocycles. The van der Waals surface area contributed by atoms with E-state index in [1.54, 1.807) is 12.1 Å². The van der Waals surface area contributed by atoms with Gasteiger partial charge in [-0.05, 0) is 76.9 Å². The number of aliphatic hydroxyl groups is 1. The van der Waals surface area contributed by atoms with Crippen LogP contribution in [0.1, 0.15) is 63.5 Å². The number of unbranched alkanes of at least 4 members (excludes halogenated alkanes) is 1. The number of phenols is 1. The van der Waals surface area contributed by atoms with E-state index in [1.165, 1.54) is 13.8 Å². The number of carboxylic acid groups (broad SMARTS) is 1. The van der Waals surface area contributed by atoms with E-state index in [4.69, 9.17) is 29.8 Å². The molecule has 7 N–H and O–H groups in total. The van der Waals surface area contributed by atoms with Crippen molar-refractivity contribution in [1.82, 2.24) is 15.5 Å². The zero-order valence-electron chi connectivity index (χ0n) is 28.4. The number of ether oxygens (including phenoxy) is 3. The van der Waals surface area contributed by atoms with Crippen molar-refractivity contribution < 1.29 is 66.7 Å². The highest BCUT2D eigenvalue weighted by Crippen LogP contribution is 2.65. The van der Waals surface area contributed by atoms with Gasteiger partial charge in [0.1, 0.15) is 11.8 Å². The molecule has 51 heavy (non-hydrogen) atoms. The van der Waals surface area contributed by atoms with Crippen LogP contribution in [-0.4, -0.2) is 113 Å². The summed E-state index contributed by atoms with van der Waals surface area (Å²) in [7, 11) is 1.98. The molecule has 6 atom stereocenters. The van der Waals surface area contributed by atoms with Crippen molar-refractivity contribution in [2.75, 3.05) is 26.7 Å². The molecule has 2 aliphatic heterocycles. The summed E-state index contributed by atoms with van der Waals surface area (Å²) in [6.07, 6.45) is -2.59. The van der Waals surface area contributed by atoms with Crippen LogP contribution in [0.2, 0.25) is 0 Å². The number of rotatable bonds is 12. The number of amides is 2. The summed E-state index contributed by atoms with van der Waals surface area (Å²) in [6, 6.07) is 2.53. The van der Waals surface area contributed by atoms with Gasteiger partial charge >= 0.3 is 24.1 Å². The van der Waals surface area contributed by atoms with Gasteiger partial charge in [-0.15, -0.1) is 0 Å². The van der Waals surface area contributed by atoms with Gasteiger partial charge in [-0.3, -0.25) is 14.4 Å². The number of carboxylic acids is 1. The first kappa shape index (κ1) is 39.4. The number of nitrogens with zero attached hydrogens (tertiary/aromatic N) is 1. The highest BCUT2D eigenvalue weighted by molar-refractivity contribution is 5.87. The summed E-state index contributed by atoms with van der Waals surface area (Å²) >= 11 is 0. The second kappa shape index (κ2) is 15.4. The zero-order chi connectivity index (χ0) is 37.9. The predicted molar refractivity (Wildman–Crippen MR) is 170 cm³/mol. The number of nitrogens with one attached hydrogen (secondary N) is 2. The van der Waals surface area contributed by atoms with Crippen LogP contribution in [0.25, 0.3) is 0 Å². The van der Waals surface area contributed by atoms with Crippen molar-refractivity contribution >= 4 is 29.7 Å². The average Bonchev–Trinajstić information content (AvgIpc) is 3.41. The highest BCUT2D eigenvalue weighted by atomic mass is 19.4. The number of nitrogens with two attached hydrogens (primary N) is 1. The van der Waals surface area contributed by atoms with Gasteiger partial charge in [-0.1, -0.05) is 6.07 Å². The van der Waals surface area contributed by atoms with Crippen LogP contribution in [-0.2, 0) is 45.3 Å². The van der Waals surface area contributed by atoms with Gasteiger partial charge in [0.15, 0.2) is 23.7 Å². The molecule has 2 bridgehead atoms. The Morgan fingerprint density at radius 2 is 1.88 bits per heavy atom. The van der Waals surface area contributed by atoms with Crippen LogP contribution in [0, 0.1) is 0 Å². The molecular formula is C33H43F3N4O11. The predicted octanol–water partition coefficient (Wildman–Crippen LogP) is 0.918. The van der Waals surface area contributed by atoms with Gasteiger partial charge < -0.3 is 50.8 Å². The molecule has 15 nitrogen and oxygen atoms in total. The first-order chi connectivity index (χ1) is 23.9. The van der Waals surface area contributed by atoms with Crippen molar-refractivity contribution in [2.24, 2.45) is 5.73 Å². The second-order valence-corrected chi connectivity index (χ2v) is 13.0. The highest BCUT2D eigenvalue weighted by Gasteiger charge is 2.72. The fourth-order valence-electron chi connectivity index (χ4n) is 7.36. The SMILES string of the molecule is CC(=O)N[C@@H](CCCCN)C(=O)NCCC(=O)O[C@@H](C)C(=O)OC1=CC[C@]2(O)C3Cc4ccc(O)c5c4[C@@]2(CCN3C)[C@H]1O5.O=C(O)C(F)(F)F. The number of piperidine rings is 1. The summed E-state index contributed by atoms with van der Waals surface area (Å²) in [6.45, 7) is 3.83. The lowest BCUT2D eigenvalue weighted by Gasteiger charge is -2.61. The van der Waals surface area contributed by atoms with Crippen molar-refractivity contribution in [3.63, 3.8) is 0 Å². The number of phenolic OH excluding ortho intramolecular Hbond substituents is 1. The van der Waals surface area contributed by atoms with E-state index in [0.717, 1.165) is 11.1 Å². The lowest BCUT2D eigenvalue weighted by atomic mass is 9.50. The number of carbonyl (C=O) groups excluding carboxylic acids is 4. The molecule has 0 saturated carbocycles. The van der Waals surface area contributed by atoms with Crippen molar-refractivity contribution in [2.45, 2.75) is 100 Å².